The Morgan fingerprint density at radius 1 is 1.26 bits per heavy atom. The zero-order valence-corrected chi connectivity index (χ0v) is 10.9. The third-order valence-corrected chi connectivity index (χ3v) is 2.93. The summed E-state index contributed by atoms with van der Waals surface area (Å²) in [5.41, 5.74) is -0.0502. The highest BCUT2D eigenvalue weighted by atomic mass is 79.9. The molecule has 2 N–H and O–H groups in total. The Hall–Kier alpha value is -2.15. The molecule has 1 amide bonds. The fourth-order valence-electron chi connectivity index (χ4n) is 1.42. The molecule has 0 atom stereocenters. The van der Waals surface area contributed by atoms with Gasteiger partial charge in [0.2, 0.25) is 0 Å². The number of furan rings is 1. The number of benzene rings is 1. The Labute approximate surface area is 115 Å². The van der Waals surface area contributed by atoms with Crippen LogP contribution in [0, 0.1) is 5.82 Å². The van der Waals surface area contributed by atoms with Crippen LogP contribution in [0.25, 0.3) is 0 Å². The molecule has 0 saturated heterocycles. The lowest BCUT2D eigenvalue weighted by Gasteiger charge is -2.05. The van der Waals surface area contributed by atoms with Crippen LogP contribution in [-0.2, 0) is 0 Å². The first kappa shape index (κ1) is 13.3. The van der Waals surface area contributed by atoms with Gasteiger partial charge in [-0.3, -0.25) is 4.79 Å². The minimum Gasteiger partial charge on any atom is -0.478 e. The van der Waals surface area contributed by atoms with Gasteiger partial charge in [-0.15, -0.1) is 0 Å². The Morgan fingerprint density at radius 3 is 2.53 bits per heavy atom. The highest BCUT2D eigenvalue weighted by molar-refractivity contribution is 9.10. The molecule has 0 saturated carbocycles. The monoisotopic (exact) mass is 327 g/mol. The van der Waals surface area contributed by atoms with Gasteiger partial charge in [-0.2, -0.15) is 0 Å². The molecule has 0 radical (unpaired) electrons. The number of hydrogen-bond donors (Lipinski definition) is 2. The summed E-state index contributed by atoms with van der Waals surface area (Å²) in [6.45, 7) is 0. The van der Waals surface area contributed by atoms with E-state index in [1.807, 2.05) is 0 Å². The van der Waals surface area contributed by atoms with Gasteiger partial charge in [0.05, 0.1) is 17.4 Å². The zero-order chi connectivity index (χ0) is 14.0. The molecule has 1 heterocycles. The van der Waals surface area contributed by atoms with E-state index in [0.29, 0.717) is 0 Å². The van der Waals surface area contributed by atoms with E-state index in [9.17, 15) is 14.0 Å². The van der Waals surface area contributed by atoms with Crippen LogP contribution in [0.1, 0.15) is 20.7 Å². The number of nitrogens with one attached hydrogen (secondary N) is 1. The molecule has 2 aromatic rings. The van der Waals surface area contributed by atoms with E-state index in [1.165, 1.54) is 18.4 Å². The highest BCUT2D eigenvalue weighted by Crippen LogP contribution is 2.20. The van der Waals surface area contributed by atoms with Crippen LogP contribution in [0.2, 0.25) is 0 Å². The molecular weight excluding hydrogens is 321 g/mol. The maximum absolute atomic E-state index is 13.4. The van der Waals surface area contributed by atoms with Gasteiger partial charge >= 0.3 is 5.97 Å². The average molecular weight is 328 g/mol. The van der Waals surface area contributed by atoms with Crippen molar-refractivity contribution in [3.8, 4) is 0 Å². The van der Waals surface area contributed by atoms with Crippen molar-refractivity contribution in [2.75, 3.05) is 5.32 Å². The van der Waals surface area contributed by atoms with E-state index < -0.39 is 23.3 Å². The maximum Gasteiger partial charge on any atom is 0.338 e. The minimum absolute atomic E-state index is 0.153. The van der Waals surface area contributed by atoms with Crippen molar-refractivity contribution in [1.82, 2.24) is 0 Å². The van der Waals surface area contributed by atoms with Crippen molar-refractivity contribution in [2.24, 2.45) is 0 Å². The van der Waals surface area contributed by atoms with Crippen LogP contribution in [0.3, 0.4) is 0 Å². The van der Waals surface area contributed by atoms with Crippen molar-refractivity contribution in [3.63, 3.8) is 0 Å². The van der Waals surface area contributed by atoms with Crippen LogP contribution in [0.4, 0.5) is 10.1 Å². The van der Waals surface area contributed by atoms with Gasteiger partial charge in [0.1, 0.15) is 5.82 Å². The van der Waals surface area contributed by atoms with Crippen LogP contribution in [0.15, 0.2) is 39.6 Å². The summed E-state index contributed by atoms with van der Waals surface area (Å²) in [6, 6.07) is 4.77. The molecule has 0 spiro atoms. The van der Waals surface area contributed by atoms with E-state index in [1.54, 1.807) is 0 Å². The van der Waals surface area contributed by atoms with Crippen molar-refractivity contribution in [2.45, 2.75) is 0 Å². The lowest BCUT2D eigenvalue weighted by atomic mass is 10.2. The maximum atomic E-state index is 13.4. The van der Waals surface area contributed by atoms with E-state index in [2.05, 4.69) is 21.2 Å². The van der Waals surface area contributed by atoms with Gasteiger partial charge in [0, 0.05) is 5.69 Å². The van der Waals surface area contributed by atoms with Crippen molar-refractivity contribution >= 4 is 33.5 Å². The Balaban J connectivity index is 2.21. The van der Waals surface area contributed by atoms with E-state index in [-0.39, 0.29) is 15.9 Å². The number of aromatic carboxylic acids is 1. The van der Waals surface area contributed by atoms with Gasteiger partial charge in [-0.1, -0.05) is 0 Å². The Kier molecular flexibility index (Phi) is 3.66. The summed E-state index contributed by atoms with van der Waals surface area (Å²) in [4.78, 5) is 22.4. The lowest BCUT2D eigenvalue weighted by Crippen LogP contribution is -2.12. The summed E-state index contributed by atoms with van der Waals surface area (Å²) >= 11 is 3.05. The Morgan fingerprint density at radius 2 is 2.00 bits per heavy atom. The summed E-state index contributed by atoms with van der Waals surface area (Å²) in [7, 11) is 0. The molecule has 19 heavy (non-hydrogen) atoms. The first-order valence-electron chi connectivity index (χ1n) is 5.06. The smallest absolute Gasteiger partial charge is 0.338 e. The summed E-state index contributed by atoms with van der Waals surface area (Å²) < 4.78 is 18.6. The van der Waals surface area contributed by atoms with Crippen molar-refractivity contribution < 1.29 is 23.5 Å². The summed E-state index contributed by atoms with van der Waals surface area (Å²) in [6.07, 6.45) is 1.33. The zero-order valence-electron chi connectivity index (χ0n) is 9.31. The van der Waals surface area contributed by atoms with Gasteiger partial charge in [-0.05, 0) is 40.2 Å². The Bertz CT molecular complexity index is 653. The number of halogens is 2. The average Bonchev–Trinajstić information content (AvgIpc) is 2.75. The van der Waals surface area contributed by atoms with Gasteiger partial charge in [-0.25, -0.2) is 9.18 Å². The lowest BCUT2D eigenvalue weighted by molar-refractivity contribution is 0.0692. The predicted octanol–water partition coefficient (Wildman–Crippen LogP) is 3.13. The number of rotatable bonds is 3. The molecule has 2 rings (SSSR count). The second-order valence-electron chi connectivity index (χ2n) is 3.56. The van der Waals surface area contributed by atoms with Crippen LogP contribution in [-0.4, -0.2) is 17.0 Å². The van der Waals surface area contributed by atoms with E-state index in [0.717, 1.165) is 12.1 Å². The molecular formula is C12H7BrFNO4. The van der Waals surface area contributed by atoms with Crippen LogP contribution in [0.5, 0.6) is 0 Å². The molecule has 0 aliphatic heterocycles. The molecule has 5 nitrogen and oxygen atoms in total. The van der Waals surface area contributed by atoms with E-state index in [4.69, 9.17) is 9.52 Å². The third-order valence-electron chi connectivity index (χ3n) is 2.32. The second kappa shape index (κ2) is 5.23. The van der Waals surface area contributed by atoms with Crippen molar-refractivity contribution in [1.29, 1.82) is 0 Å². The number of carbonyl (C=O) groups excluding carboxylic acids is 1. The molecule has 7 heteroatoms. The van der Waals surface area contributed by atoms with Crippen LogP contribution < -0.4 is 5.32 Å². The second-order valence-corrected chi connectivity index (χ2v) is 4.28. The molecule has 0 bridgehead atoms. The fourth-order valence-corrected chi connectivity index (χ4v) is 1.84. The number of carbonyl (C=O) groups is 2. The standard InChI is InChI=1S/C12H7BrFNO4/c13-10-8(3-4-19-10)11(16)15-6-1-2-7(12(17)18)9(14)5-6/h1-5H,(H,15,16)(H,17,18). The topological polar surface area (TPSA) is 79.5 Å². The predicted molar refractivity (Wildman–Crippen MR) is 67.7 cm³/mol. The van der Waals surface area contributed by atoms with Gasteiger partial charge in [0.15, 0.2) is 4.67 Å². The molecule has 0 unspecified atom stereocenters. The molecule has 1 aromatic carbocycles. The number of hydrogen-bond acceptors (Lipinski definition) is 3. The normalized spacial score (nSPS) is 10.2. The number of carboxylic acids is 1. The van der Waals surface area contributed by atoms with E-state index >= 15 is 0 Å². The number of amides is 1. The van der Waals surface area contributed by atoms with Crippen LogP contribution >= 0.6 is 15.9 Å². The largest absolute Gasteiger partial charge is 0.478 e. The summed E-state index contributed by atoms with van der Waals surface area (Å²) in [5, 5.41) is 11.1. The highest BCUT2D eigenvalue weighted by Gasteiger charge is 2.15. The van der Waals surface area contributed by atoms with Gasteiger partial charge in [0.25, 0.3) is 5.91 Å². The molecule has 0 fully saturated rings. The SMILES string of the molecule is O=C(O)c1ccc(NC(=O)c2ccoc2Br)cc1F. The third kappa shape index (κ3) is 2.82. The van der Waals surface area contributed by atoms with Gasteiger partial charge < -0.3 is 14.8 Å². The molecule has 0 aliphatic rings. The fraction of sp³-hybridized carbons (Fsp3) is 0. The van der Waals surface area contributed by atoms with Crippen molar-refractivity contribution in [3.05, 3.63) is 52.1 Å². The number of carboxylic acid groups (broad SMARTS) is 1. The first-order valence-corrected chi connectivity index (χ1v) is 5.85. The molecule has 1 aromatic heterocycles. The minimum atomic E-state index is -1.37. The molecule has 0 aliphatic carbocycles. The number of anilines is 1. The molecule has 98 valence electrons. The quantitative estimate of drug-likeness (QED) is 0.907. The summed E-state index contributed by atoms with van der Waals surface area (Å²) in [5.74, 6) is -2.78. The first-order chi connectivity index (χ1) is 8.99.